The molecule has 0 aliphatic carbocycles. The van der Waals surface area contributed by atoms with Crippen molar-refractivity contribution in [1.82, 2.24) is 14.3 Å². The molecule has 1 unspecified atom stereocenters. The maximum Gasteiger partial charge on any atom is 0.346 e. The largest absolute Gasteiger partial charge is 0.346 e. The summed E-state index contributed by atoms with van der Waals surface area (Å²) >= 11 is 0. The molecule has 0 amide bonds. The highest BCUT2D eigenvalue weighted by Crippen LogP contribution is 2.61. The van der Waals surface area contributed by atoms with Crippen molar-refractivity contribution in [2.24, 2.45) is 0 Å². The third-order valence-electron chi connectivity index (χ3n) is 4.91. The lowest BCUT2D eigenvalue weighted by Crippen LogP contribution is -2.40. The summed E-state index contributed by atoms with van der Waals surface area (Å²) in [6, 6.07) is 4.21. The van der Waals surface area contributed by atoms with Crippen molar-refractivity contribution in [3.8, 4) is 0 Å². The van der Waals surface area contributed by atoms with Crippen LogP contribution in [0.1, 0.15) is 64.0 Å². The summed E-state index contributed by atoms with van der Waals surface area (Å²) in [6.07, 6.45) is 10.4. The Hall–Kier alpha value is -0.740. The second-order valence-electron chi connectivity index (χ2n) is 7.12. The molecule has 0 N–H and O–H groups in total. The van der Waals surface area contributed by atoms with Crippen molar-refractivity contribution >= 4 is 7.67 Å². The summed E-state index contributed by atoms with van der Waals surface area (Å²) in [5.41, 5.74) is 1.15. The lowest BCUT2D eigenvalue weighted by Gasteiger charge is -2.45. The molecule has 2 aliphatic rings. The Morgan fingerprint density at radius 1 is 1.17 bits per heavy atom. The van der Waals surface area contributed by atoms with Gasteiger partial charge in [-0.3, -0.25) is 9.55 Å². The lowest BCUT2D eigenvalue weighted by molar-refractivity contribution is 0.129. The first-order chi connectivity index (χ1) is 11.6. The molecule has 0 radical (unpaired) electrons. The van der Waals surface area contributed by atoms with Crippen LogP contribution in [0, 0.1) is 0 Å². The maximum atomic E-state index is 14.1. The molecule has 1 aromatic rings. The van der Waals surface area contributed by atoms with Gasteiger partial charge in [0.05, 0.1) is 6.10 Å². The molecule has 24 heavy (non-hydrogen) atoms. The summed E-state index contributed by atoms with van der Waals surface area (Å²) in [5, 5.41) is 0. The van der Waals surface area contributed by atoms with E-state index in [2.05, 4.69) is 20.4 Å². The van der Waals surface area contributed by atoms with E-state index in [-0.39, 0.29) is 12.1 Å². The Bertz CT molecular complexity index is 561. The molecule has 0 aromatic carbocycles. The van der Waals surface area contributed by atoms with E-state index in [9.17, 15) is 4.57 Å². The highest BCUT2D eigenvalue weighted by molar-refractivity contribution is 7.54. The molecule has 0 spiro atoms. The van der Waals surface area contributed by atoms with E-state index in [1.807, 2.05) is 26.1 Å². The normalized spacial score (nSPS) is 26.4. The van der Waals surface area contributed by atoms with Crippen LogP contribution in [-0.2, 0) is 9.09 Å². The van der Waals surface area contributed by atoms with Crippen LogP contribution in [0.5, 0.6) is 0 Å². The minimum absolute atomic E-state index is 0.0470. The van der Waals surface area contributed by atoms with Gasteiger partial charge < -0.3 is 4.52 Å². The molecular weight excluding hydrogens is 321 g/mol. The number of rotatable bonds is 5. The number of aromatic nitrogens is 1. The van der Waals surface area contributed by atoms with Gasteiger partial charge in [-0.15, -0.1) is 0 Å². The van der Waals surface area contributed by atoms with E-state index in [0.29, 0.717) is 0 Å². The van der Waals surface area contributed by atoms with Crippen molar-refractivity contribution < 1.29 is 9.09 Å². The quantitative estimate of drug-likeness (QED) is 0.724. The van der Waals surface area contributed by atoms with Gasteiger partial charge in [-0.1, -0.05) is 18.9 Å². The first kappa shape index (κ1) is 18.1. The second-order valence-corrected chi connectivity index (χ2v) is 9.39. The zero-order valence-electron chi connectivity index (χ0n) is 14.9. The molecule has 2 aliphatic heterocycles. The second kappa shape index (κ2) is 8.09. The SMILES string of the molecule is CC(C)OP(=O)(N1CCCCC1)N1CCCC[C@H]1c1cccnc1. The standard InChI is InChI=1S/C18H30N3O2P/c1-16(2)23-24(22,20-12-5-3-6-13-20)21-14-7-4-10-18(21)17-9-8-11-19-15-17/h8-9,11,15-16,18H,3-7,10,12-14H2,1-2H3/t18-,24?/m0/s1. The van der Waals surface area contributed by atoms with Crippen molar-refractivity contribution in [3.05, 3.63) is 30.1 Å². The van der Waals surface area contributed by atoms with Crippen LogP contribution in [0.2, 0.25) is 0 Å². The van der Waals surface area contributed by atoms with Crippen LogP contribution >= 0.6 is 7.67 Å². The first-order valence-corrected chi connectivity index (χ1v) is 10.9. The Morgan fingerprint density at radius 3 is 2.58 bits per heavy atom. The van der Waals surface area contributed by atoms with Gasteiger partial charge in [-0.05, 0) is 51.2 Å². The zero-order valence-corrected chi connectivity index (χ0v) is 15.8. The van der Waals surface area contributed by atoms with Crippen LogP contribution in [0.25, 0.3) is 0 Å². The molecular formula is C18H30N3O2P. The predicted octanol–water partition coefficient (Wildman–Crippen LogP) is 4.63. The molecule has 2 saturated heterocycles. The van der Waals surface area contributed by atoms with E-state index in [1.165, 1.54) is 6.42 Å². The summed E-state index contributed by atoms with van der Waals surface area (Å²) in [4.78, 5) is 4.28. The average molecular weight is 351 g/mol. The molecule has 6 heteroatoms. The molecule has 0 saturated carbocycles. The van der Waals surface area contributed by atoms with E-state index in [1.54, 1.807) is 6.20 Å². The number of pyridine rings is 1. The van der Waals surface area contributed by atoms with Gasteiger partial charge in [0.1, 0.15) is 0 Å². The van der Waals surface area contributed by atoms with Crippen LogP contribution in [0.3, 0.4) is 0 Å². The molecule has 1 aromatic heterocycles. The summed E-state index contributed by atoms with van der Waals surface area (Å²) in [7, 11) is -3.01. The summed E-state index contributed by atoms with van der Waals surface area (Å²) < 4.78 is 24.6. The fraction of sp³-hybridized carbons (Fsp3) is 0.722. The van der Waals surface area contributed by atoms with Crippen LogP contribution < -0.4 is 0 Å². The van der Waals surface area contributed by atoms with Crippen molar-refractivity contribution in [3.63, 3.8) is 0 Å². The van der Waals surface area contributed by atoms with E-state index in [4.69, 9.17) is 4.52 Å². The number of hydrogen-bond donors (Lipinski definition) is 0. The fourth-order valence-corrected chi connectivity index (χ4v) is 6.74. The van der Waals surface area contributed by atoms with Crippen LogP contribution in [-0.4, -0.2) is 40.1 Å². The summed E-state index contributed by atoms with van der Waals surface area (Å²) in [6.45, 7) is 6.56. The van der Waals surface area contributed by atoms with Crippen molar-refractivity contribution in [2.45, 2.75) is 64.5 Å². The highest BCUT2D eigenvalue weighted by Gasteiger charge is 2.44. The first-order valence-electron chi connectivity index (χ1n) is 9.32. The van der Waals surface area contributed by atoms with Gasteiger partial charge in [0.15, 0.2) is 0 Å². The van der Waals surface area contributed by atoms with Gasteiger partial charge in [0.2, 0.25) is 0 Å². The predicted molar refractivity (Wildman–Crippen MR) is 96.8 cm³/mol. The molecule has 3 heterocycles. The molecule has 3 rings (SSSR count). The topological polar surface area (TPSA) is 45.7 Å². The van der Waals surface area contributed by atoms with Gasteiger partial charge in [-0.2, -0.15) is 0 Å². The van der Waals surface area contributed by atoms with Crippen LogP contribution in [0.15, 0.2) is 24.5 Å². The molecule has 2 atom stereocenters. The average Bonchev–Trinajstić information content (AvgIpc) is 2.62. The van der Waals surface area contributed by atoms with E-state index < -0.39 is 7.67 Å². The Kier molecular flexibility index (Phi) is 6.09. The number of piperidine rings is 2. The minimum Gasteiger partial charge on any atom is -0.303 e. The zero-order chi connectivity index (χ0) is 17.0. The van der Waals surface area contributed by atoms with Crippen LogP contribution in [0.4, 0.5) is 0 Å². The third-order valence-corrected chi connectivity index (χ3v) is 7.85. The Morgan fingerprint density at radius 2 is 1.92 bits per heavy atom. The molecule has 2 fully saturated rings. The highest BCUT2D eigenvalue weighted by atomic mass is 31.2. The molecule has 0 bridgehead atoms. The van der Waals surface area contributed by atoms with E-state index in [0.717, 1.165) is 57.3 Å². The third kappa shape index (κ3) is 3.91. The van der Waals surface area contributed by atoms with E-state index >= 15 is 0 Å². The number of nitrogens with zero attached hydrogens (tertiary/aromatic N) is 3. The monoisotopic (exact) mass is 351 g/mol. The fourth-order valence-electron chi connectivity index (χ4n) is 3.82. The van der Waals surface area contributed by atoms with Gasteiger partial charge in [-0.25, -0.2) is 9.34 Å². The molecule has 134 valence electrons. The molecule has 5 nitrogen and oxygen atoms in total. The minimum atomic E-state index is -3.01. The van der Waals surface area contributed by atoms with Crippen molar-refractivity contribution in [2.75, 3.05) is 19.6 Å². The Labute approximate surface area is 146 Å². The smallest absolute Gasteiger partial charge is 0.303 e. The van der Waals surface area contributed by atoms with Gasteiger partial charge in [0, 0.05) is 38.1 Å². The van der Waals surface area contributed by atoms with Crippen molar-refractivity contribution in [1.29, 1.82) is 0 Å². The van der Waals surface area contributed by atoms with Gasteiger partial charge in [0.25, 0.3) is 0 Å². The maximum absolute atomic E-state index is 14.1. The Balaban J connectivity index is 1.92. The van der Waals surface area contributed by atoms with Gasteiger partial charge >= 0.3 is 7.67 Å². The number of hydrogen-bond acceptors (Lipinski definition) is 3. The lowest BCUT2D eigenvalue weighted by atomic mass is 9.99. The summed E-state index contributed by atoms with van der Waals surface area (Å²) in [5.74, 6) is 0.